The summed E-state index contributed by atoms with van der Waals surface area (Å²) in [5, 5.41) is 26.3. The van der Waals surface area contributed by atoms with E-state index in [1.165, 1.54) is 68.8 Å². The second kappa shape index (κ2) is 23.8. The maximum Gasteiger partial charge on any atom is 0.258 e. The number of alkyl halides is 3. The van der Waals surface area contributed by atoms with E-state index in [-0.39, 0.29) is 55.7 Å². The fourth-order valence-electron chi connectivity index (χ4n) is 6.20. The maximum atomic E-state index is 13.5. The molecule has 3 unspecified atom stereocenters. The Hall–Kier alpha value is -6.43. The van der Waals surface area contributed by atoms with E-state index in [0.29, 0.717) is 39.6 Å². The van der Waals surface area contributed by atoms with Crippen molar-refractivity contribution in [2.75, 3.05) is 35.5 Å². The average Bonchev–Trinajstić information content (AvgIpc) is 3.30. The monoisotopic (exact) mass is 1010 g/mol. The molecule has 0 saturated heterocycles. The van der Waals surface area contributed by atoms with Gasteiger partial charge in [0, 0.05) is 33.9 Å². The zero-order chi connectivity index (χ0) is 48.9. The van der Waals surface area contributed by atoms with Gasteiger partial charge in [-0.15, -0.1) is 34.8 Å². The van der Waals surface area contributed by atoms with Crippen molar-refractivity contribution < 1.29 is 38.2 Å². The van der Waals surface area contributed by atoms with Gasteiger partial charge in [-0.05, 0) is 117 Å². The first kappa shape index (κ1) is 51.6. The molecule has 5 aromatic carbocycles. The highest BCUT2D eigenvalue weighted by Gasteiger charge is 2.27. The van der Waals surface area contributed by atoms with Crippen molar-refractivity contribution in [3.05, 3.63) is 129 Å². The molecule has 0 radical (unpaired) electrons. The SMILES string of the molecule is COc1ccc(NC(=O)c2cc(N=NC(C(C)=O)C(=O)Nc3ccc(NC(=O)C(N=Nc4ccc(Cl)c(C(=O)Nc5ccc(OC)c(CCl)c5)c4)C(C)=O)c(C(C)Cl)c3)ccc2Cl)cc1CCl. The van der Waals surface area contributed by atoms with Crippen LogP contribution in [0.5, 0.6) is 11.5 Å². The van der Waals surface area contributed by atoms with Gasteiger partial charge in [0.2, 0.25) is 12.1 Å². The van der Waals surface area contributed by atoms with Crippen LogP contribution < -0.4 is 30.7 Å². The standard InChI is InChI=1S/C46H41Cl5N8O8/c1-23(49)33-18-30(54-45(64)41(24(2)60)58-56-31-6-11-36(50)34(19-31)43(62)52-28-9-14-39(66-4)26(16-28)21-47)8-13-38(33)55-46(65)42(25(3)61)59-57-32-7-12-37(51)35(20-32)44(63)53-29-10-15-40(67-5)27(17-29)22-48/h6-20,23,41-42H,21-22H2,1-5H3,(H,52,62)(H,53,63)(H,54,64)(H,55,65). The van der Waals surface area contributed by atoms with E-state index >= 15 is 0 Å². The summed E-state index contributed by atoms with van der Waals surface area (Å²) in [4.78, 5) is 78.6. The summed E-state index contributed by atoms with van der Waals surface area (Å²) in [5.41, 5.74) is 3.22. The van der Waals surface area contributed by atoms with Crippen molar-refractivity contribution in [1.29, 1.82) is 0 Å². The van der Waals surface area contributed by atoms with E-state index in [9.17, 15) is 28.8 Å². The largest absolute Gasteiger partial charge is 0.496 e. The summed E-state index contributed by atoms with van der Waals surface area (Å²) in [5.74, 6) is -2.72. The highest BCUT2D eigenvalue weighted by Crippen LogP contribution is 2.32. The van der Waals surface area contributed by atoms with Gasteiger partial charge in [-0.2, -0.15) is 20.5 Å². The van der Waals surface area contributed by atoms with Crippen LogP contribution in [0, 0.1) is 0 Å². The second-order valence-corrected chi connectivity index (χ2v) is 16.4. The number of carbonyl (C=O) groups is 6. The normalized spacial score (nSPS) is 12.5. The predicted octanol–water partition coefficient (Wildman–Crippen LogP) is 11.7. The molecule has 3 atom stereocenters. The fourth-order valence-corrected chi connectivity index (χ4v) is 7.20. The number of hydrogen-bond donors (Lipinski definition) is 4. The zero-order valence-corrected chi connectivity index (χ0v) is 40.0. The lowest BCUT2D eigenvalue weighted by Crippen LogP contribution is -2.32. The van der Waals surface area contributed by atoms with Gasteiger partial charge < -0.3 is 30.7 Å². The predicted molar refractivity (Wildman–Crippen MR) is 260 cm³/mol. The Bertz CT molecular complexity index is 2790. The highest BCUT2D eigenvalue weighted by molar-refractivity contribution is 6.35. The van der Waals surface area contributed by atoms with Crippen LogP contribution in [0.4, 0.5) is 34.1 Å². The number of Topliss-reactive ketones (excluding diaryl/α,β-unsaturated/α-hetero) is 2. The molecule has 0 saturated carbocycles. The molecule has 67 heavy (non-hydrogen) atoms. The number of benzene rings is 5. The van der Waals surface area contributed by atoms with Gasteiger partial charge in [-0.3, -0.25) is 28.8 Å². The summed E-state index contributed by atoms with van der Waals surface area (Å²) in [6.45, 7) is 3.93. The van der Waals surface area contributed by atoms with E-state index in [1.54, 1.807) is 43.3 Å². The molecule has 0 aliphatic carbocycles. The molecule has 4 amide bonds. The van der Waals surface area contributed by atoms with Gasteiger partial charge in [0.1, 0.15) is 11.5 Å². The quantitative estimate of drug-likeness (QED) is 0.0353. The molecule has 0 spiro atoms. The van der Waals surface area contributed by atoms with E-state index in [0.717, 1.165) is 13.8 Å². The Kier molecular flexibility index (Phi) is 18.3. The molecular weight excluding hydrogens is 970 g/mol. The molecule has 0 aliphatic rings. The van der Waals surface area contributed by atoms with Crippen LogP contribution in [-0.2, 0) is 30.9 Å². The molecule has 0 bridgehead atoms. The third-order valence-electron chi connectivity index (χ3n) is 9.60. The van der Waals surface area contributed by atoms with Crippen LogP contribution in [0.3, 0.4) is 0 Å². The van der Waals surface area contributed by atoms with Crippen LogP contribution in [-0.4, -0.2) is 61.5 Å². The highest BCUT2D eigenvalue weighted by atomic mass is 35.5. The van der Waals surface area contributed by atoms with Gasteiger partial charge in [0.05, 0.1) is 63.9 Å². The molecule has 5 rings (SSSR count). The fraction of sp³-hybridized carbons (Fsp3) is 0.217. The molecule has 0 aliphatic heterocycles. The first-order valence-electron chi connectivity index (χ1n) is 19.9. The van der Waals surface area contributed by atoms with Crippen LogP contribution >= 0.6 is 58.0 Å². The Morgan fingerprint density at radius 2 is 0.985 bits per heavy atom. The summed E-state index contributed by atoms with van der Waals surface area (Å²) < 4.78 is 10.6. The molecule has 348 valence electrons. The van der Waals surface area contributed by atoms with Gasteiger partial charge in [0.25, 0.3) is 23.6 Å². The topological polar surface area (TPSA) is 218 Å². The number of carbonyl (C=O) groups excluding carboxylic acids is 6. The molecule has 0 heterocycles. The van der Waals surface area contributed by atoms with Crippen molar-refractivity contribution >= 4 is 127 Å². The summed E-state index contributed by atoms with van der Waals surface area (Å²) in [6.07, 6.45) is 0. The summed E-state index contributed by atoms with van der Waals surface area (Å²) in [6, 6.07) is 19.4. The van der Waals surface area contributed by atoms with E-state index in [1.807, 2.05) is 0 Å². The number of anilines is 4. The average molecular weight is 1010 g/mol. The number of azo groups is 2. The van der Waals surface area contributed by atoms with Crippen LogP contribution in [0.15, 0.2) is 111 Å². The minimum Gasteiger partial charge on any atom is -0.496 e. The molecular formula is C46H41Cl5N8O8. The Morgan fingerprint density at radius 1 is 0.567 bits per heavy atom. The third kappa shape index (κ3) is 13.6. The number of ketones is 2. The van der Waals surface area contributed by atoms with Crippen LogP contribution in [0.25, 0.3) is 0 Å². The van der Waals surface area contributed by atoms with E-state index < -0.39 is 52.7 Å². The van der Waals surface area contributed by atoms with Gasteiger partial charge in [-0.1, -0.05) is 23.2 Å². The molecule has 0 fully saturated rings. The first-order valence-corrected chi connectivity index (χ1v) is 22.1. The lowest BCUT2D eigenvalue weighted by atomic mass is 10.1. The number of nitrogens with zero attached hydrogens (tertiary/aromatic N) is 4. The number of halogens is 5. The summed E-state index contributed by atoms with van der Waals surface area (Å²) in [7, 11) is 3.01. The Balaban J connectivity index is 1.27. The number of rotatable bonds is 19. The molecule has 21 heteroatoms. The van der Waals surface area contributed by atoms with Crippen molar-refractivity contribution in [3.63, 3.8) is 0 Å². The lowest BCUT2D eigenvalue weighted by Gasteiger charge is -2.17. The summed E-state index contributed by atoms with van der Waals surface area (Å²) >= 11 is 31.2. The van der Waals surface area contributed by atoms with Crippen molar-refractivity contribution in [2.45, 2.75) is 50.0 Å². The minimum atomic E-state index is -1.62. The number of ether oxygens (including phenoxy) is 2. The van der Waals surface area contributed by atoms with Crippen molar-refractivity contribution in [3.8, 4) is 11.5 Å². The van der Waals surface area contributed by atoms with E-state index in [2.05, 4.69) is 41.7 Å². The molecule has 0 aromatic heterocycles. The van der Waals surface area contributed by atoms with E-state index in [4.69, 9.17) is 67.5 Å². The van der Waals surface area contributed by atoms with Crippen LogP contribution in [0.2, 0.25) is 10.0 Å². The minimum absolute atomic E-state index is 0.0427. The van der Waals surface area contributed by atoms with Crippen molar-refractivity contribution in [2.24, 2.45) is 20.5 Å². The zero-order valence-electron chi connectivity index (χ0n) is 36.3. The number of nitrogens with one attached hydrogen (secondary N) is 4. The first-order chi connectivity index (χ1) is 32.0. The lowest BCUT2D eigenvalue weighted by molar-refractivity contribution is -0.127. The molecule has 16 nitrogen and oxygen atoms in total. The van der Waals surface area contributed by atoms with Gasteiger partial charge in [-0.25, -0.2) is 0 Å². The Morgan fingerprint density at radius 3 is 1.39 bits per heavy atom. The Labute approximate surface area is 409 Å². The smallest absolute Gasteiger partial charge is 0.258 e. The second-order valence-electron chi connectivity index (χ2n) is 14.4. The number of amides is 4. The molecule has 4 N–H and O–H groups in total. The van der Waals surface area contributed by atoms with Crippen molar-refractivity contribution in [1.82, 2.24) is 0 Å². The number of hydrogen-bond acceptors (Lipinski definition) is 12. The van der Waals surface area contributed by atoms with Gasteiger partial charge >= 0.3 is 0 Å². The third-order valence-corrected chi connectivity index (χ3v) is 11.1. The molecule has 5 aromatic rings. The van der Waals surface area contributed by atoms with Gasteiger partial charge in [0.15, 0.2) is 11.6 Å². The maximum absolute atomic E-state index is 13.5. The number of methoxy groups -OCH3 is 2. The van der Waals surface area contributed by atoms with Crippen LogP contribution in [0.1, 0.15) is 63.6 Å².